The normalized spacial score (nSPS) is 22.2. The molecule has 1 aliphatic heterocycles. The van der Waals surface area contributed by atoms with E-state index in [1.54, 1.807) is 0 Å². The molecular weight excluding hydrogens is 284 g/mol. The third kappa shape index (κ3) is 6.92. The Balaban J connectivity index is 2.44. The highest BCUT2D eigenvalue weighted by atomic mass is 32.2. The van der Waals surface area contributed by atoms with Crippen molar-refractivity contribution in [3.8, 4) is 0 Å². The number of thioether (sulfide) groups is 1. The van der Waals surface area contributed by atoms with E-state index < -0.39 is 5.60 Å². The van der Waals surface area contributed by atoms with E-state index in [0.29, 0.717) is 17.3 Å². The quantitative estimate of drug-likeness (QED) is 0.814. The predicted octanol–water partition coefficient (Wildman–Crippen LogP) is 3.51. The van der Waals surface area contributed by atoms with Gasteiger partial charge >= 0.3 is 6.09 Å². The lowest BCUT2D eigenvalue weighted by atomic mass is 10.1. The molecule has 0 bridgehead atoms. The summed E-state index contributed by atoms with van der Waals surface area (Å²) < 4.78 is 5.51. The van der Waals surface area contributed by atoms with Crippen molar-refractivity contribution in [1.29, 1.82) is 0 Å². The van der Waals surface area contributed by atoms with Gasteiger partial charge < -0.3 is 15.0 Å². The van der Waals surface area contributed by atoms with E-state index in [1.807, 2.05) is 37.4 Å². The van der Waals surface area contributed by atoms with Crippen molar-refractivity contribution in [2.75, 3.05) is 19.3 Å². The molecule has 4 nitrogen and oxygen atoms in total. The molecule has 1 amide bonds. The van der Waals surface area contributed by atoms with Crippen molar-refractivity contribution in [2.45, 2.75) is 76.8 Å². The van der Waals surface area contributed by atoms with Crippen LogP contribution in [0.3, 0.4) is 0 Å². The Morgan fingerprint density at radius 2 is 2.10 bits per heavy atom. The van der Waals surface area contributed by atoms with Gasteiger partial charge in [0.1, 0.15) is 5.60 Å². The molecule has 0 aromatic heterocycles. The zero-order valence-electron chi connectivity index (χ0n) is 14.4. The molecule has 1 fully saturated rings. The number of rotatable bonds is 6. The zero-order valence-corrected chi connectivity index (χ0v) is 15.3. The van der Waals surface area contributed by atoms with E-state index in [0.717, 1.165) is 32.4 Å². The van der Waals surface area contributed by atoms with E-state index in [9.17, 15) is 4.79 Å². The summed E-state index contributed by atoms with van der Waals surface area (Å²) in [6.45, 7) is 12.0. The van der Waals surface area contributed by atoms with Gasteiger partial charge in [-0.15, -0.1) is 0 Å². The van der Waals surface area contributed by atoms with Crippen molar-refractivity contribution >= 4 is 17.9 Å². The number of amides is 1. The van der Waals surface area contributed by atoms with Gasteiger partial charge in [0.15, 0.2) is 0 Å². The Bertz CT molecular complexity index is 331. The van der Waals surface area contributed by atoms with Crippen LogP contribution in [0, 0.1) is 0 Å². The molecule has 1 heterocycles. The van der Waals surface area contributed by atoms with Gasteiger partial charge in [0.05, 0.1) is 0 Å². The minimum Gasteiger partial charge on any atom is -0.444 e. The first-order valence-corrected chi connectivity index (χ1v) is 9.27. The molecule has 124 valence electrons. The van der Waals surface area contributed by atoms with Crippen LogP contribution in [-0.2, 0) is 4.74 Å². The summed E-state index contributed by atoms with van der Waals surface area (Å²) in [6.07, 6.45) is 5.15. The summed E-state index contributed by atoms with van der Waals surface area (Å²) >= 11 is 1.87. The smallest absolute Gasteiger partial charge is 0.410 e. The van der Waals surface area contributed by atoms with Gasteiger partial charge in [0.25, 0.3) is 0 Å². The lowest BCUT2D eigenvalue weighted by Crippen LogP contribution is -2.43. The molecule has 0 aromatic rings. The van der Waals surface area contributed by atoms with E-state index >= 15 is 0 Å². The largest absolute Gasteiger partial charge is 0.444 e. The Morgan fingerprint density at radius 3 is 2.67 bits per heavy atom. The van der Waals surface area contributed by atoms with E-state index in [4.69, 9.17) is 4.74 Å². The van der Waals surface area contributed by atoms with Crippen LogP contribution in [0.4, 0.5) is 4.79 Å². The van der Waals surface area contributed by atoms with Crippen molar-refractivity contribution in [2.24, 2.45) is 0 Å². The number of ether oxygens (including phenoxy) is 1. The highest BCUT2D eigenvalue weighted by Gasteiger charge is 2.32. The molecule has 0 radical (unpaired) electrons. The van der Waals surface area contributed by atoms with Crippen molar-refractivity contribution in [3.63, 3.8) is 0 Å². The summed E-state index contributed by atoms with van der Waals surface area (Å²) in [7, 11) is 0. The minimum atomic E-state index is -0.415. The molecule has 1 N–H and O–H groups in total. The average Bonchev–Trinajstić information content (AvgIpc) is 2.82. The van der Waals surface area contributed by atoms with Crippen LogP contribution in [0.5, 0.6) is 0 Å². The number of hydrogen-bond donors (Lipinski definition) is 1. The lowest BCUT2D eigenvalue weighted by molar-refractivity contribution is 0.0215. The standard InChI is InChI=1S/C16H32N2O2S/c1-12(17-11-13(2)21-6)10-14-8-7-9-18(14)15(19)20-16(3,4)5/h12-14,17H,7-11H2,1-6H3. The molecule has 0 spiro atoms. The first kappa shape index (κ1) is 18.6. The monoisotopic (exact) mass is 316 g/mol. The molecule has 1 rings (SSSR count). The molecule has 3 unspecified atom stereocenters. The van der Waals surface area contributed by atoms with Crippen LogP contribution < -0.4 is 5.32 Å². The number of nitrogens with zero attached hydrogens (tertiary/aromatic N) is 1. The van der Waals surface area contributed by atoms with Crippen LogP contribution in [0.1, 0.15) is 53.9 Å². The second kappa shape index (κ2) is 8.28. The van der Waals surface area contributed by atoms with Gasteiger partial charge in [-0.3, -0.25) is 0 Å². The third-order valence-corrected chi connectivity index (χ3v) is 4.76. The highest BCUT2D eigenvalue weighted by Crippen LogP contribution is 2.24. The maximum atomic E-state index is 12.2. The Labute approximate surface area is 134 Å². The number of carbonyl (C=O) groups excluding carboxylic acids is 1. The van der Waals surface area contributed by atoms with E-state index in [-0.39, 0.29) is 6.09 Å². The first-order chi connectivity index (χ1) is 9.73. The summed E-state index contributed by atoms with van der Waals surface area (Å²) in [5, 5.41) is 4.19. The van der Waals surface area contributed by atoms with Crippen LogP contribution >= 0.6 is 11.8 Å². The number of carbonyl (C=O) groups is 1. The number of nitrogens with one attached hydrogen (secondary N) is 1. The van der Waals surface area contributed by atoms with Gasteiger partial charge in [-0.25, -0.2) is 4.79 Å². The number of hydrogen-bond acceptors (Lipinski definition) is 4. The van der Waals surface area contributed by atoms with Crippen molar-refractivity contribution < 1.29 is 9.53 Å². The van der Waals surface area contributed by atoms with Crippen LogP contribution in [0.15, 0.2) is 0 Å². The molecule has 21 heavy (non-hydrogen) atoms. The fourth-order valence-corrected chi connectivity index (χ4v) is 2.85. The van der Waals surface area contributed by atoms with Crippen LogP contribution in [0.25, 0.3) is 0 Å². The predicted molar refractivity (Wildman–Crippen MR) is 91.0 cm³/mol. The fourth-order valence-electron chi connectivity index (χ4n) is 2.58. The Kier molecular flexibility index (Phi) is 7.34. The van der Waals surface area contributed by atoms with Gasteiger partial charge in [-0.1, -0.05) is 6.92 Å². The Hall–Kier alpha value is -0.420. The lowest BCUT2D eigenvalue weighted by Gasteiger charge is -2.30. The second-order valence-corrected chi connectivity index (χ2v) is 8.34. The van der Waals surface area contributed by atoms with Gasteiger partial charge in [0.2, 0.25) is 0 Å². The summed E-state index contributed by atoms with van der Waals surface area (Å²) in [4.78, 5) is 14.2. The summed E-state index contributed by atoms with van der Waals surface area (Å²) in [5.74, 6) is 0. The molecule has 5 heteroatoms. The highest BCUT2D eigenvalue weighted by molar-refractivity contribution is 7.99. The third-order valence-electron chi connectivity index (χ3n) is 3.79. The fraction of sp³-hybridized carbons (Fsp3) is 0.938. The van der Waals surface area contributed by atoms with Crippen LogP contribution in [0.2, 0.25) is 0 Å². The van der Waals surface area contributed by atoms with E-state index in [2.05, 4.69) is 25.4 Å². The average molecular weight is 317 g/mol. The first-order valence-electron chi connectivity index (χ1n) is 7.98. The van der Waals surface area contributed by atoms with E-state index in [1.165, 1.54) is 0 Å². The molecule has 1 aliphatic rings. The zero-order chi connectivity index (χ0) is 16.0. The summed E-state index contributed by atoms with van der Waals surface area (Å²) in [5.41, 5.74) is -0.415. The molecule has 0 aromatic carbocycles. The minimum absolute atomic E-state index is 0.158. The summed E-state index contributed by atoms with van der Waals surface area (Å²) in [6, 6.07) is 0.736. The van der Waals surface area contributed by atoms with Crippen LogP contribution in [-0.4, -0.2) is 53.3 Å². The molecule has 0 aliphatic carbocycles. The SMILES string of the molecule is CSC(C)CNC(C)CC1CCCN1C(=O)OC(C)(C)C. The number of likely N-dealkylation sites (tertiary alicyclic amines) is 1. The van der Waals surface area contributed by atoms with Gasteiger partial charge in [-0.05, 0) is 53.2 Å². The molecule has 0 saturated carbocycles. The van der Waals surface area contributed by atoms with Gasteiger partial charge in [0, 0.05) is 30.4 Å². The molecule has 1 saturated heterocycles. The molecular formula is C16H32N2O2S. The molecule has 3 atom stereocenters. The maximum Gasteiger partial charge on any atom is 0.410 e. The topological polar surface area (TPSA) is 41.6 Å². The Morgan fingerprint density at radius 1 is 1.43 bits per heavy atom. The van der Waals surface area contributed by atoms with Gasteiger partial charge in [-0.2, -0.15) is 11.8 Å². The van der Waals surface area contributed by atoms with Crippen molar-refractivity contribution in [1.82, 2.24) is 10.2 Å². The maximum absolute atomic E-state index is 12.2. The second-order valence-electron chi connectivity index (χ2n) is 7.06. The van der Waals surface area contributed by atoms with Crippen molar-refractivity contribution in [3.05, 3.63) is 0 Å².